The quantitative estimate of drug-likeness (QED) is 0.823. The Morgan fingerprint density at radius 3 is 2.83 bits per heavy atom. The number of amides is 1. The average molecular weight is 246 g/mol. The molecule has 96 valence electrons. The minimum absolute atomic E-state index is 0.282. The summed E-state index contributed by atoms with van der Waals surface area (Å²) >= 11 is 0. The van der Waals surface area contributed by atoms with E-state index in [1.54, 1.807) is 6.20 Å². The van der Waals surface area contributed by atoms with Crippen molar-refractivity contribution in [3.05, 3.63) is 11.9 Å². The first kappa shape index (κ1) is 10.5. The van der Waals surface area contributed by atoms with Gasteiger partial charge in [0, 0.05) is 18.9 Å². The van der Waals surface area contributed by atoms with Crippen molar-refractivity contribution in [1.82, 2.24) is 20.7 Å². The van der Waals surface area contributed by atoms with Gasteiger partial charge in [0.2, 0.25) is 5.91 Å². The first-order chi connectivity index (χ1) is 8.84. The zero-order chi connectivity index (χ0) is 12.1. The van der Waals surface area contributed by atoms with E-state index in [0.29, 0.717) is 12.5 Å². The van der Waals surface area contributed by atoms with Crippen LogP contribution in [0.2, 0.25) is 0 Å². The summed E-state index contributed by atoms with van der Waals surface area (Å²) in [7, 11) is 0. The van der Waals surface area contributed by atoms with E-state index in [1.165, 1.54) is 19.3 Å². The van der Waals surface area contributed by atoms with E-state index in [-0.39, 0.29) is 5.91 Å². The standard InChI is InChI=1S/C13H18N4O/c18-13(14-4-3-9-6-15-17-16-9)12-10-7-1-2-8(5-7)11(10)12/h6-8,10-12H,1-5H2,(H,14,18)(H,15,16,17)/t7-,8+,10+,11-,12?. The maximum Gasteiger partial charge on any atom is 0.223 e. The summed E-state index contributed by atoms with van der Waals surface area (Å²) in [5.74, 6) is 3.82. The number of hydrogen-bond donors (Lipinski definition) is 2. The topological polar surface area (TPSA) is 70.7 Å². The van der Waals surface area contributed by atoms with Crippen LogP contribution in [0.25, 0.3) is 0 Å². The second-order valence-electron chi connectivity index (χ2n) is 6.02. The first-order valence-electron chi connectivity index (χ1n) is 6.97. The molecule has 3 fully saturated rings. The van der Waals surface area contributed by atoms with E-state index in [2.05, 4.69) is 20.7 Å². The fourth-order valence-corrected chi connectivity index (χ4v) is 4.45. The van der Waals surface area contributed by atoms with Gasteiger partial charge in [0.1, 0.15) is 0 Å². The number of hydrogen-bond acceptors (Lipinski definition) is 3. The zero-order valence-electron chi connectivity index (χ0n) is 10.3. The highest BCUT2D eigenvalue weighted by atomic mass is 16.2. The largest absolute Gasteiger partial charge is 0.355 e. The summed E-state index contributed by atoms with van der Waals surface area (Å²) in [6.07, 6.45) is 6.61. The second kappa shape index (κ2) is 3.80. The van der Waals surface area contributed by atoms with Gasteiger partial charge in [-0.1, -0.05) is 0 Å². The fourth-order valence-electron chi connectivity index (χ4n) is 4.45. The monoisotopic (exact) mass is 246 g/mol. The van der Waals surface area contributed by atoms with Crippen LogP contribution in [0.5, 0.6) is 0 Å². The molecule has 2 bridgehead atoms. The van der Waals surface area contributed by atoms with Gasteiger partial charge in [-0.25, -0.2) is 0 Å². The van der Waals surface area contributed by atoms with Gasteiger partial charge < -0.3 is 5.32 Å². The van der Waals surface area contributed by atoms with Gasteiger partial charge in [0.25, 0.3) is 0 Å². The van der Waals surface area contributed by atoms with Crippen LogP contribution in [0.4, 0.5) is 0 Å². The predicted octanol–water partition coefficient (Wildman–Crippen LogP) is 0.755. The molecule has 1 aromatic rings. The van der Waals surface area contributed by atoms with E-state index in [9.17, 15) is 4.79 Å². The molecule has 5 heteroatoms. The Kier molecular flexibility index (Phi) is 2.22. The Morgan fingerprint density at radius 1 is 1.39 bits per heavy atom. The number of rotatable bonds is 4. The lowest BCUT2D eigenvalue weighted by Gasteiger charge is -2.08. The van der Waals surface area contributed by atoms with Crippen molar-refractivity contribution >= 4 is 5.91 Å². The SMILES string of the molecule is O=C(NCCc1cn[nH]n1)C1[C@@H]2[C@H]3CC[C@H](C3)[C@H]12. The molecule has 4 rings (SSSR count). The van der Waals surface area contributed by atoms with Gasteiger partial charge in [-0.05, 0) is 42.9 Å². The number of nitrogens with zero attached hydrogens (tertiary/aromatic N) is 2. The van der Waals surface area contributed by atoms with Gasteiger partial charge in [0.05, 0.1) is 11.9 Å². The maximum atomic E-state index is 12.1. The zero-order valence-corrected chi connectivity index (χ0v) is 10.3. The number of nitrogens with one attached hydrogen (secondary N) is 2. The third kappa shape index (κ3) is 1.49. The molecule has 2 N–H and O–H groups in total. The van der Waals surface area contributed by atoms with Crippen LogP contribution in [-0.2, 0) is 11.2 Å². The summed E-state index contributed by atoms with van der Waals surface area (Å²) in [5.41, 5.74) is 0.909. The van der Waals surface area contributed by atoms with Crippen LogP contribution in [-0.4, -0.2) is 27.9 Å². The fraction of sp³-hybridized carbons (Fsp3) is 0.769. The number of carbonyl (C=O) groups excluding carboxylic acids is 1. The van der Waals surface area contributed by atoms with Crippen molar-refractivity contribution < 1.29 is 4.79 Å². The molecule has 3 saturated carbocycles. The van der Waals surface area contributed by atoms with Gasteiger partial charge in [0.15, 0.2) is 0 Å². The summed E-state index contributed by atoms with van der Waals surface area (Å²) in [5, 5.41) is 13.4. The van der Waals surface area contributed by atoms with Gasteiger partial charge in [-0.2, -0.15) is 15.4 Å². The molecular weight excluding hydrogens is 228 g/mol. The van der Waals surface area contributed by atoms with Crippen LogP contribution < -0.4 is 5.32 Å². The van der Waals surface area contributed by atoms with E-state index < -0.39 is 0 Å². The molecule has 1 unspecified atom stereocenters. The van der Waals surface area contributed by atoms with Crippen molar-refractivity contribution in [2.45, 2.75) is 25.7 Å². The molecule has 0 saturated heterocycles. The number of carbonyl (C=O) groups is 1. The van der Waals surface area contributed by atoms with E-state index in [0.717, 1.165) is 35.8 Å². The first-order valence-corrected chi connectivity index (χ1v) is 6.97. The molecule has 0 spiro atoms. The molecule has 5 atom stereocenters. The highest BCUT2D eigenvalue weighted by Crippen LogP contribution is 2.69. The van der Waals surface area contributed by atoms with Crippen LogP contribution in [0.15, 0.2) is 6.20 Å². The lowest BCUT2D eigenvalue weighted by molar-refractivity contribution is -0.123. The molecule has 1 amide bonds. The second-order valence-corrected chi connectivity index (χ2v) is 6.02. The number of fused-ring (bicyclic) bond motifs is 5. The van der Waals surface area contributed by atoms with Gasteiger partial charge in [-0.3, -0.25) is 4.79 Å². The predicted molar refractivity (Wildman–Crippen MR) is 64.4 cm³/mol. The highest BCUT2D eigenvalue weighted by Gasteiger charge is 2.67. The number of aromatic nitrogens is 3. The normalized spacial score (nSPS) is 39.7. The van der Waals surface area contributed by atoms with Crippen LogP contribution in [0.3, 0.4) is 0 Å². The molecule has 1 heterocycles. The smallest absolute Gasteiger partial charge is 0.223 e. The molecule has 18 heavy (non-hydrogen) atoms. The van der Waals surface area contributed by atoms with E-state index >= 15 is 0 Å². The molecule has 0 aromatic carbocycles. The van der Waals surface area contributed by atoms with E-state index in [4.69, 9.17) is 0 Å². The number of H-pyrrole nitrogens is 1. The Hall–Kier alpha value is -1.39. The summed E-state index contributed by atoms with van der Waals surface area (Å²) in [4.78, 5) is 12.1. The molecule has 1 aromatic heterocycles. The highest BCUT2D eigenvalue weighted by molar-refractivity contribution is 5.82. The van der Waals surface area contributed by atoms with Crippen molar-refractivity contribution in [1.29, 1.82) is 0 Å². The molecule has 0 radical (unpaired) electrons. The molecule has 0 aliphatic heterocycles. The maximum absolute atomic E-state index is 12.1. The summed E-state index contributed by atoms with van der Waals surface area (Å²) in [6, 6.07) is 0. The number of aromatic amines is 1. The Morgan fingerprint density at radius 2 is 2.17 bits per heavy atom. The van der Waals surface area contributed by atoms with Crippen molar-refractivity contribution in [2.24, 2.45) is 29.6 Å². The average Bonchev–Trinajstić information content (AvgIpc) is 2.80. The van der Waals surface area contributed by atoms with Crippen molar-refractivity contribution in [3.8, 4) is 0 Å². The molecular formula is C13H18N4O. The van der Waals surface area contributed by atoms with Crippen molar-refractivity contribution in [3.63, 3.8) is 0 Å². The van der Waals surface area contributed by atoms with Crippen LogP contribution in [0.1, 0.15) is 25.0 Å². The minimum atomic E-state index is 0.282. The Bertz CT molecular complexity index is 442. The van der Waals surface area contributed by atoms with Crippen LogP contribution >= 0.6 is 0 Å². The third-order valence-electron chi connectivity index (χ3n) is 5.18. The molecule has 3 aliphatic rings. The lowest BCUT2D eigenvalue weighted by atomic mass is 10.0. The Balaban J connectivity index is 1.28. The molecule has 3 aliphatic carbocycles. The van der Waals surface area contributed by atoms with E-state index in [1.807, 2.05) is 0 Å². The summed E-state index contributed by atoms with van der Waals surface area (Å²) < 4.78 is 0. The minimum Gasteiger partial charge on any atom is -0.355 e. The van der Waals surface area contributed by atoms with Crippen LogP contribution in [0, 0.1) is 29.6 Å². The van der Waals surface area contributed by atoms with Crippen molar-refractivity contribution in [2.75, 3.05) is 6.54 Å². The third-order valence-corrected chi connectivity index (χ3v) is 5.18. The Labute approximate surface area is 106 Å². The van der Waals surface area contributed by atoms with Gasteiger partial charge >= 0.3 is 0 Å². The summed E-state index contributed by atoms with van der Waals surface area (Å²) in [6.45, 7) is 0.677. The van der Waals surface area contributed by atoms with Gasteiger partial charge in [-0.15, -0.1) is 0 Å². The lowest BCUT2D eigenvalue weighted by Crippen LogP contribution is -2.29. The molecule has 5 nitrogen and oxygen atoms in total.